The number of carbonyl (C=O) groups is 4. The molecule has 2 aromatic carbocycles. The van der Waals surface area contributed by atoms with Gasteiger partial charge in [-0.2, -0.15) is 0 Å². The smallest absolute Gasteiger partial charge is 0.337 e. The molecule has 0 unspecified atom stereocenters. The first-order valence-corrected chi connectivity index (χ1v) is 14.5. The van der Waals surface area contributed by atoms with E-state index in [1.54, 1.807) is 35.2 Å². The average molecular weight is 668 g/mol. The second-order valence-corrected chi connectivity index (χ2v) is 10.6. The van der Waals surface area contributed by atoms with E-state index in [0.717, 1.165) is 4.63 Å². The van der Waals surface area contributed by atoms with Crippen LogP contribution in [0.5, 0.6) is 0 Å². The lowest BCUT2D eigenvalue weighted by Crippen LogP contribution is -2.18. The summed E-state index contributed by atoms with van der Waals surface area (Å²) in [5, 5.41) is 47.7. The van der Waals surface area contributed by atoms with Crippen molar-refractivity contribution in [2.75, 3.05) is 10.6 Å². The molecule has 4 heterocycles. The van der Waals surface area contributed by atoms with Crippen LogP contribution in [-0.2, 0) is 12.8 Å². The van der Waals surface area contributed by atoms with Crippen LogP contribution in [0.15, 0.2) is 73.3 Å². The van der Waals surface area contributed by atoms with Gasteiger partial charge in [-0.3, -0.25) is 14.2 Å². The van der Waals surface area contributed by atoms with Crippen molar-refractivity contribution in [1.82, 2.24) is 45.0 Å². The van der Waals surface area contributed by atoms with Gasteiger partial charge in [0.05, 0.1) is 22.5 Å². The summed E-state index contributed by atoms with van der Waals surface area (Å²) in [5.41, 5.74) is 1.31. The normalized spacial score (nSPS) is 10.9. The summed E-state index contributed by atoms with van der Waals surface area (Å²) < 4.78 is 2.68. The molecule has 6 rings (SSSR count). The quantitative estimate of drug-likeness (QED) is 0.156. The molecule has 0 saturated carbocycles. The number of carboxylic acid groups (broad SMARTS) is 2. The molecule has 0 saturated heterocycles. The first-order chi connectivity index (χ1) is 23.2. The van der Waals surface area contributed by atoms with Crippen LogP contribution in [0.1, 0.15) is 59.2 Å². The van der Waals surface area contributed by atoms with Crippen LogP contribution >= 0.6 is 11.6 Å². The molecule has 17 nitrogen and oxygen atoms in total. The van der Waals surface area contributed by atoms with Crippen LogP contribution < -0.4 is 10.6 Å². The lowest BCUT2D eigenvalue weighted by molar-refractivity contribution is 0.0687. The molecule has 0 aliphatic carbocycles. The highest BCUT2D eigenvalue weighted by atomic mass is 35.5. The summed E-state index contributed by atoms with van der Waals surface area (Å²) in [6.07, 6.45) is 6.07. The lowest BCUT2D eigenvalue weighted by atomic mass is 10.00. The summed E-state index contributed by atoms with van der Waals surface area (Å²) in [5.74, 6) is -3.41. The standard InChI is InChI=1S/C30H22ClN11O6/c31-20-14-19(30(47)48)24(34-27(43)21-6-8-25(36-35-21)41-11-10-32-15-41)13-17(20)3-1-2-16-4-5-18(29(45)46)23(12-16)33-28(44)22-7-9-26-37-39-40-42(26)38-22/h4-15H,1-3H2,(H,33,44)(H,34,43)(H,45,46)(H,47,48). The Morgan fingerprint density at radius 2 is 1.54 bits per heavy atom. The number of carbonyl (C=O) groups excluding carboxylic acids is 2. The fourth-order valence-electron chi connectivity index (χ4n) is 4.73. The fourth-order valence-corrected chi connectivity index (χ4v) is 4.99. The van der Waals surface area contributed by atoms with Gasteiger partial charge in [0.25, 0.3) is 11.8 Å². The maximum absolute atomic E-state index is 13.0. The minimum atomic E-state index is -1.29. The molecule has 0 radical (unpaired) electrons. The molecule has 0 aliphatic rings. The van der Waals surface area contributed by atoms with Gasteiger partial charge in [-0.1, -0.05) is 17.7 Å². The first-order valence-electron chi connectivity index (χ1n) is 14.1. The van der Waals surface area contributed by atoms with E-state index in [0.29, 0.717) is 41.9 Å². The molecule has 0 bridgehead atoms. The van der Waals surface area contributed by atoms with Gasteiger partial charge in [-0.15, -0.1) is 25.0 Å². The number of aryl methyl sites for hydroxylation is 2. The Morgan fingerprint density at radius 1 is 0.792 bits per heavy atom. The van der Waals surface area contributed by atoms with E-state index in [1.807, 2.05) is 0 Å². The zero-order chi connectivity index (χ0) is 33.8. The van der Waals surface area contributed by atoms with Crippen molar-refractivity contribution in [3.05, 3.63) is 112 Å². The number of nitrogens with zero attached hydrogens (tertiary/aromatic N) is 9. The Hall–Kier alpha value is -6.62. The second kappa shape index (κ2) is 13.4. The molecule has 0 aliphatic heterocycles. The van der Waals surface area contributed by atoms with Gasteiger partial charge in [-0.05, 0) is 89.3 Å². The van der Waals surface area contributed by atoms with E-state index in [2.05, 4.69) is 46.4 Å². The summed E-state index contributed by atoms with van der Waals surface area (Å²) in [6, 6.07) is 13.2. The average Bonchev–Trinajstić information content (AvgIpc) is 3.78. The van der Waals surface area contributed by atoms with Crippen molar-refractivity contribution < 1.29 is 29.4 Å². The topological polar surface area (TPSA) is 232 Å². The molecule has 48 heavy (non-hydrogen) atoms. The number of anilines is 2. The van der Waals surface area contributed by atoms with Gasteiger partial charge in [0.2, 0.25) is 0 Å². The van der Waals surface area contributed by atoms with Crippen molar-refractivity contribution in [3.8, 4) is 5.82 Å². The predicted molar refractivity (Wildman–Crippen MR) is 167 cm³/mol. The molecule has 18 heteroatoms. The van der Waals surface area contributed by atoms with Gasteiger partial charge in [0, 0.05) is 17.4 Å². The number of hydrogen-bond donors (Lipinski definition) is 4. The van der Waals surface area contributed by atoms with Gasteiger partial charge in [0.1, 0.15) is 6.33 Å². The van der Waals surface area contributed by atoms with E-state index in [-0.39, 0.29) is 38.9 Å². The third-order valence-electron chi connectivity index (χ3n) is 7.09. The van der Waals surface area contributed by atoms with Crippen LogP contribution in [-0.4, -0.2) is 79.0 Å². The number of fused-ring (bicyclic) bond motifs is 1. The zero-order valence-electron chi connectivity index (χ0n) is 24.5. The van der Waals surface area contributed by atoms with E-state index in [9.17, 15) is 29.4 Å². The number of amides is 2. The summed E-state index contributed by atoms with van der Waals surface area (Å²) in [4.78, 5) is 53.6. The largest absolute Gasteiger partial charge is 0.478 e. The van der Waals surface area contributed by atoms with Crippen LogP contribution in [0.25, 0.3) is 11.5 Å². The Bertz CT molecular complexity index is 2190. The van der Waals surface area contributed by atoms with E-state index >= 15 is 0 Å². The fraction of sp³-hybridized carbons (Fsp3) is 0.100. The summed E-state index contributed by atoms with van der Waals surface area (Å²) in [7, 11) is 0. The third kappa shape index (κ3) is 6.80. The number of halogens is 1. The van der Waals surface area contributed by atoms with E-state index in [4.69, 9.17) is 11.6 Å². The SMILES string of the molecule is O=C(Nc1cc(CCCc2ccc(C(=O)O)c(NC(=O)c3ccc4nnnn4n3)c2)c(Cl)cc1C(=O)O)c1ccc(-n2ccnc2)nn1. The highest BCUT2D eigenvalue weighted by Crippen LogP contribution is 2.28. The number of tetrazole rings is 1. The molecule has 0 atom stereocenters. The van der Waals surface area contributed by atoms with Gasteiger partial charge >= 0.3 is 11.9 Å². The molecule has 2 amide bonds. The van der Waals surface area contributed by atoms with Crippen molar-refractivity contribution in [3.63, 3.8) is 0 Å². The molecule has 0 fully saturated rings. The van der Waals surface area contributed by atoms with Crippen molar-refractivity contribution in [1.29, 1.82) is 0 Å². The zero-order valence-corrected chi connectivity index (χ0v) is 25.2. The molecular weight excluding hydrogens is 646 g/mol. The van der Waals surface area contributed by atoms with Crippen LogP contribution in [0.3, 0.4) is 0 Å². The number of aromatic nitrogens is 9. The predicted octanol–water partition coefficient (Wildman–Crippen LogP) is 3.22. The number of carboxylic acids is 2. The highest BCUT2D eigenvalue weighted by molar-refractivity contribution is 6.32. The maximum Gasteiger partial charge on any atom is 0.337 e. The molecule has 4 N–H and O–H groups in total. The van der Waals surface area contributed by atoms with Crippen molar-refractivity contribution >= 4 is 52.4 Å². The third-order valence-corrected chi connectivity index (χ3v) is 7.45. The maximum atomic E-state index is 13.0. The number of imidazole rings is 1. The van der Waals surface area contributed by atoms with E-state index in [1.165, 1.54) is 42.7 Å². The number of nitrogens with one attached hydrogen (secondary N) is 2. The number of hydrogen-bond acceptors (Lipinski definition) is 11. The molecule has 0 spiro atoms. The van der Waals surface area contributed by atoms with E-state index < -0.39 is 23.8 Å². The monoisotopic (exact) mass is 667 g/mol. The van der Waals surface area contributed by atoms with Crippen LogP contribution in [0.2, 0.25) is 5.02 Å². The summed E-state index contributed by atoms with van der Waals surface area (Å²) >= 11 is 6.43. The first kappa shape index (κ1) is 31.4. The van der Waals surface area contributed by atoms with Gasteiger partial charge in [-0.25, -0.2) is 14.6 Å². The number of benzene rings is 2. The minimum absolute atomic E-state index is 0.0247. The Morgan fingerprint density at radius 3 is 2.25 bits per heavy atom. The van der Waals surface area contributed by atoms with Crippen molar-refractivity contribution in [2.24, 2.45) is 0 Å². The van der Waals surface area contributed by atoms with Gasteiger partial charge < -0.3 is 20.8 Å². The minimum Gasteiger partial charge on any atom is -0.478 e. The van der Waals surface area contributed by atoms with Crippen LogP contribution in [0.4, 0.5) is 11.4 Å². The Balaban J connectivity index is 1.15. The Kier molecular flexibility index (Phi) is 8.75. The number of rotatable bonds is 11. The lowest BCUT2D eigenvalue weighted by Gasteiger charge is -2.13. The highest BCUT2D eigenvalue weighted by Gasteiger charge is 2.19. The van der Waals surface area contributed by atoms with Crippen LogP contribution in [0, 0.1) is 0 Å². The van der Waals surface area contributed by atoms with Gasteiger partial charge in [0.15, 0.2) is 22.9 Å². The Labute approximate surface area is 274 Å². The van der Waals surface area contributed by atoms with Crippen molar-refractivity contribution in [2.45, 2.75) is 19.3 Å². The molecular formula is C30H22ClN11O6. The molecule has 4 aromatic heterocycles. The molecule has 240 valence electrons. The molecule has 6 aromatic rings. The number of aromatic carboxylic acids is 2. The second-order valence-electron chi connectivity index (χ2n) is 10.2. The summed E-state index contributed by atoms with van der Waals surface area (Å²) in [6.45, 7) is 0.